The molecule has 6 nitrogen and oxygen atoms in total. The molecule has 0 spiro atoms. The standard InChI is InChI=1S/C15H20BN3O3/c1-14(2)15(3,4)22-16(21-14)11(10-20)8-12-9-17-13-6-5-7-18-19(12)13/h5-9,20H,10H2,1-4H3. The predicted molar refractivity (Wildman–Crippen MR) is 84.1 cm³/mol. The van der Waals surface area contributed by atoms with E-state index in [9.17, 15) is 5.11 Å². The average molecular weight is 301 g/mol. The topological polar surface area (TPSA) is 68.9 Å². The van der Waals surface area contributed by atoms with Gasteiger partial charge in [0.1, 0.15) is 0 Å². The highest BCUT2D eigenvalue weighted by molar-refractivity contribution is 6.55. The summed E-state index contributed by atoms with van der Waals surface area (Å²) in [5.41, 5.74) is 1.29. The molecule has 7 heteroatoms. The molecule has 1 aliphatic heterocycles. The lowest BCUT2D eigenvalue weighted by Crippen LogP contribution is -2.41. The quantitative estimate of drug-likeness (QED) is 0.875. The van der Waals surface area contributed by atoms with Crippen molar-refractivity contribution in [2.75, 3.05) is 6.61 Å². The monoisotopic (exact) mass is 301 g/mol. The van der Waals surface area contributed by atoms with Gasteiger partial charge in [0.15, 0.2) is 5.65 Å². The Kier molecular flexibility index (Phi) is 3.59. The number of aliphatic hydroxyl groups is 1. The maximum Gasteiger partial charge on any atom is 0.492 e. The first kappa shape index (κ1) is 15.2. The zero-order chi connectivity index (χ0) is 16.0. The van der Waals surface area contributed by atoms with Crippen molar-refractivity contribution < 1.29 is 14.4 Å². The van der Waals surface area contributed by atoms with Crippen molar-refractivity contribution in [2.45, 2.75) is 38.9 Å². The van der Waals surface area contributed by atoms with Gasteiger partial charge < -0.3 is 14.4 Å². The van der Waals surface area contributed by atoms with Crippen molar-refractivity contribution in [1.29, 1.82) is 0 Å². The van der Waals surface area contributed by atoms with Gasteiger partial charge in [0.05, 0.1) is 29.7 Å². The molecule has 2 aromatic heterocycles. The summed E-state index contributed by atoms with van der Waals surface area (Å²) in [7, 11) is -0.579. The Morgan fingerprint density at radius 3 is 2.64 bits per heavy atom. The van der Waals surface area contributed by atoms with Crippen molar-refractivity contribution in [1.82, 2.24) is 14.6 Å². The molecule has 1 fully saturated rings. The third kappa shape index (κ3) is 2.45. The van der Waals surface area contributed by atoms with E-state index in [4.69, 9.17) is 9.31 Å². The van der Waals surface area contributed by atoms with Gasteiger partial charge in [-0.25, -0.2) is 9.50 Å². The van der Waals surface area contributed by atoms with Crippen LogP contribution >= 0.6 is 0 Å². The molecule has 3 rings (SSSR count). The van der Waals surface area contributed by atoms with Gasteiger partial charge in [-0.1, -0.05) is 0 Å². The SMILES string of the molecule is CC1(C)OB(C(=Cc2cnc3cccnn23)CO)OC1(C)C. The Bertz CT molecular complexity index is 708. The maximum absolute atomic E-state index is 9.72. The minimum atomic E-state index is -0.579. The van der Waals surface area contributed by atoms with Crippen LogP contribution in [0.25, 0.3) is 11.7 Å². The van der Waals surface area contributed by atoms with E-state index < -0.39 is 18.3 Å². The van der Waals surface area contributed by atoms with E-state index in [1.54, 1.807) is 16.9 Å². The zero-order valence-electron chi connectivity index (χ0n) is 13.3. The van der Waals surface area contributed by atoms with Gasteiger partial charge in [-0.15, -0.1) is 0 Å². The molecule has 0 saturated carbocycles. The number of hydrogen-bond acceptors (Lipinski definition) is 5. The molecule has 116 valence electrons. The number of hydrogen-bond donors (Lipinski definition) is 1. The van der Waals surface area contributed by atoms with E-state index in [1.807, 2.05) is 45.9 Å². The smallest absolute Gasteiger partial charge is 0.400 e. The van der Waals surface area contributed by atoms with Crippen LogP contribution in [0.3, 0.4) is 0 Å². The lowest BCUT2D eigenvalue weighted by Gasteiger charge is -2.32. The minimum absolute atomic E-state index is 0.156. The molecule has 0 amide bonds. The summed E-state index contributed by atoms with van der Waals surface area (Å²) in [6.45, 7) is 7.78. The molecule has 2 aromatic rings. The molecular weight excluding hydrogens is 281 g/mol. The Labute approximate surface area is 129 Å². The van der Waals surface area contributed by atoms with Crippen LogP contribution in [0.5, 0.6) is 0 Å². The number of imidazole rings is 1. The fourth-order valence-electron chi connectivity index (χ4n) is 2.32. The summed E-state index contributed by atoms with van der Waals surface area (Å²) in [6.07, 6.45) is 5.22. The van der Waals surface area contributed by atoms with Gasteiger partial charge >= 0.3 is 7.12 Å². The Hall–Kier alpha value is -1.70. The van der Waals surface area contributed by atoms with Crippen molar-refractivity contribution in [2.24, 2.45) is 0 Å². The fourth-order valence-corrected chi connectivity index (χ4v) is 2.32. The van der Waals surface area contributed by atoms with Crippen LogP contribution in [0.1, 0.15) is 33.4 Å². The van der Waals surface area contributed by atoms with E-state index >= 15 is 0 Å². The second-order valence-corrected chi connectivity index (χ2v) is 6.44. The molecule has 0 unspecified atom stereocenters. The van der Waals surface area contributed by atoms with Crippen LogP contribution < -0.4 is 0 Å². The predicted octanol–water partition coefficient (Wildman–Crippen LogP) is 1.74. The van der Waals surface area contributed by atoms with Crippen LogP contribution in [0.4, 0.5) is 0 Å². The molecule has 0 bridgehead atoms. The van der Waals surface area contributed by atoms with E-state index in [-0.39, 0.29) is 6.61 Å². The van der Waals surface area contributed by atoms with E-state index in [0.29, 0.717) is 5.47 Å². The third-order valence-corrected chi connectivity index (χ3v) is 4.38. The number of nitrogens with zero attached hydrogens (tertiary/aromatic N) is 3. The van der Waals surface area contributed by atoms with Crippen molar-refractivity contribution >= 4 is 18.8 Å². The first-order valence-electron chi connectivity index (χ1n) is 7.30. The van der Waals surface area contributed by atoms with E-state index in [1.165, 1.54) is 0 Å². The Morgan fingerprint density at radius 1 is 1.32 bits per heavy atom. The first-order valence-corrected chi connectivity index (χ1v) is 7.30. The van der Waals surface area contributed by atoms with Crippen LogP contribution in [-0.4, -0.2) is 44.6 Å². The van der Waals surface area contributed by atoms with E-state index in [2.05, 4.69) is 10.1 Å². The Balaban J connectivity index is 1.95. The molecule has 0 radical (unpaired) electrons. The maximum atomic E-state index is 9.72. The molecule has 1 N–H and O–H groups in total. The molecule has 3 heterocycles. The second kappa shape index (κ2) is 5.19. The first-order chi connectivity index (χ1) is 10.3. The van der Waals surface area contributed by atoms with Gasteiger partial charge in [-0.05, 0) is 51.4 Å². The van der Waals surface area contributed by atoms with Crippen LogP contribution in [0, 0.1) is 0 Å². The summed E-state index contributed by atoms with van der Waals surface area (Å²) < 4.78 is 13.7. The van der Waals surface area contributed by atoms with Crippen molar-refractivity contribution in [3.8, 4) is 0 Å². The Morgan fingerprint density at radius 2 is 2.00 bits per heavy atom. The molecule has 1 saturated heterocycles. The van der Waals surface area contributed by atoms with Gasteiger partial charge in [-0.2, -0.15) is 5.10 Å². The number of aromatic nitrogens is 3. The largest absolute Gasteiger partial charge is 0.492 e. The number of aliphatic hydroxyl groups excluding tert-OH is 1. The van der Waals surface area contributed by atoms with Crippen molar-refractivity contribution in [3.63, 3.8) is 0 Å². The second-order valence-electron chi connectivity index (χ2n) is 6.44. The summed E-state index contributed by atoms with van der Waals surface area (Å²) in [4.78, 5) is 4.28. The molecule has 22 heavy (non-hydrogen) atoms. The van der Waals surface area contributed by atoms with Crippen LogP contribution in [0.2, 0.25) is 0 Å². The van der Waals surface area contributed by atoms with Gasteiger partial charge in [0.25, 0.3) is 0 Å². The van der Waals surface area contributed by atoms with Crippen LogP contribution in [0.15, 0.2) is 30.0 Å². The molecule has 1 aliphatic rings. The molecule has 0 atom stereocenters. The number of fused-ring (bicyclic) bond motifs is 1. The molecular formula is C15H20BN3O3. The van der Waals surface area contributed by atoms with E-state index in [0.717, 1.165) is 11.3 Å². The normalized spacial score (nSPS) is 20.8. The summed E-state index contributed by atoms with van der Waals surface area (Å²) in [6, 6.07) is 3.70. The molecule has 0 aliphatic carbocycles. The minimum Gasteiger partial charge on any atom is -0.400 e. The lowest BCUT2D eigenvalue weighted by atomic mass is 9.78. The average Bonchev–Trinajstić information content (AvgIpc) is 2.95. The van der Waals surface area contributed by atoms with Crippen molar-refractivity contribution in [3.05, 3.63) is 35.7 Å². The zero-order valence-corrected chi connectivity index (χ0v) is 13.3. The number of rotatable bonds is 3. The summed E-state index contributed by atoms with van der Waals surface area (Å²) in [5.74, 6) is 0. The highest BCUT2D eigenvalue weighted by atomic mass is 16.7. The van der Waals surface area contributed by atoms with Gasteiger partial charge in [0.2, 0.25) is 0 Å². The fraction of sp³-hybridized carbons (Fsp3) is 0.467. The van der Waals surface area contributed by atoms with Crippen LogP contribution in [-0.2, 0) is 9.31 Å². The third-order valence-electron chi connectivity index (χ3n) is 4.38. The lowest BCUT2D eigenvalue weighted by molar-refractivity contribution is 0.00578. The summed E-state index contributed by atoms with van der Waals surface area (Å²) >= 11 is 0. The van der Waals surface area contributed by atoms with Gasteiger partial charge in [0, 0.05) is 6.20 Å². The highest BCUT2D eigenvalue weighted by Crippen LogP contribution is 2.38. The summed E-state index contributed by atoms with van der Waals surface area (Å²) in [5, 5.41) is 14.0. The highest BCUT2D eigenvalue weighted by Gasteiger charge is 2.52. The molecule has 0 aromatic carbocycles. The van der Waals surface area contributed by atoms with Gasteiger partial charge in [-0.3, -0.25) is 0 Å².